The van der Waals surface area contributed by atoms with E-state index in [-0.39, 0.29) is 23.8 Å². The number of ether oxygens (including phenoxy) is 1. The Balaban J connectivity index is 1.55. The first kappa shape index (κ1) is 17.6. The Morgan fingerprint density at radius 1 is 1.22 bits per heavy atom. The number of hydrogen-bond acceptors (Lipinski definition) is 6. The second-order valence-corrected chi connectivity index (χ2v) is 6.91. The summed E-state index contributed by atoms with van der Waals surface area (Å²) in [5.74, 6) is 0.417. The summed E-state index contributed by atoms with van der Waals surface area (Å²) >= 11 is 0. The van der Waals surface area contributed by atoms with Crippen molar-refractivity contribution in [2.24, 2.45) is 5.92 Å². The molecular formula is C18H22N6O3. The van der Waals surface area contributed by atoms with Gasteiger partial charge in [-0.2, -0.15) is 0 Å². The molecule has 2 atom stereocenters. The van der Waals surface area contributed by atoms with Crippen LogP contribution in [0.25, 0.3) is 5.82 Å². The Labute approximate surface area is 156 Å². The third-order valence-electron chi connectivity index (χ3n) is 5.25. The monoisotopic (exact) mass is 370 g/mol. The molecule has 3 aliphatic rings. The lowest BCUT2D eigenvalue weighted by Gasteiger charge is -2.35. The lowest BCUT2D eigenvalue weighted by molar-refractivity contribution is -0.140. The molecule has 0 unspecified atom stereocenters. The fourth-order valence-electron chi connectivity index (χ4n) is 3.86. The van der Waals surface area contributed by atoms with Gasteiger partial charge in [-0.25, -0.2) is 4.98 Å². The van der Waals surface area contributed by atoms with Gasteiger partial charge in [-0.1, -0.05) is 6.07 Å². The van der Waals surface area contributed by atoms with E-state index < -0.39 is 0 Å². The topological polar surface area (TPSA) is 93.5 Å². The standard InChI is InChI=1S/C18H22N6O3/c1-27-8-7-24-14-6-5-13(17(24)25)9-22(10-14)18(26)15-3-2-4-16(21-15)23-11-19-20-12-23/h2-4,11-14H,5-10H2,1H3/t13-,14+/m0/s1. The molecule has 3 saturated heterocycles. The van der Waals surface area contributed by atoms with Crippen LogP contribution in [-0.4, -0.2) is 80.8 Å². The maximum atomic E-state index is 13.1. The van der Waals surface area contributed by atoms with Crippen molar-refractivity contribution in [3.63, 3.8) is 0 Å². The van der Waals surface area contributed by atoms with Crippen molar-refractivity contribution in [1.29, 1.82) is 0 Å². The summed E-state index contributed by atoms with van der Waals surface area (Å²) in [5, 5.41) is 7.54. The van der Waals surface area contributed by atoms with Crippen LogP contribution >= 0.6 is 0 Å². The molecule has 0 radical (unpaired) electrons. The lowest BCUT2D eigenvalue weighted by Crippen LogP contribution is -2.49. The third kappa shape index (κ3) is 3.42. The molecule has 2 bridgehead atoms. The predicted octanol–water partition coefficient (Wildman–Crippen LogP) is 0.372. The highest BCUT2D eigenvalue weighted by atomic mass is 16.5. The Morgan fingerprint density at radius 3 is 2.81 bits per heavy atom. The smallest absolute Gasteiger partial charge is 0.272 e. The lowest BCUT2D eigenvalue weighted by atomic mass is 9.94. The number of methoxy groups -OCH3 is 1. The fraction of sp³-hybridized carbons (Fsp3) is 0.500. The van der Waals surface area contributed by atoms with E-state index in [1.807, 2.05) is 4.90 Å². The van der Waals surface area contributed by atoms with Crippen LogP contribution < -0.4 is 0 Å². The largest absolute Gasteiger partial charge is 0.383 e. The minimum atomic E-state index is -0.150. The van der Waals surface area contributed by atoms with E-state index in [1.54, 1.807) is 34.8 Å². The highest BCUT2D eigenvalue weighted by Gasteiger charge is 2.41. The number of amides is 2. The maximum Gasteiger partial charge on any atom is 0.272 e. The fourth-order valence-corrected chi connectivity index (χ4v) is 3.86. The first-order valence-corrected chi connectivity index (χ1v) is 9.08. The Morgan fingerprint density at radius 2 is 2.04 bits per heavy atom. The highest BCUT2D eigenvalue weighted by molar-refractivity contribution is 5.93. The van der Waals surface area contributed by atoms with E-state index in [1.165, 1.54) is 12.7 Å². The number of carbonyl (C=O) groups is 2. The summed E-state index contributed by atoms with van der Waals surface area (Å²) in [6.07, 6.45) is 4.81. The van der Waals surface area contributed by atoms with E-state index in [9.17, 15) is 9.59 Å². The molecule has 9 nitrogen and oxygen atoms in total. The van der Waals surface area contributed by atoms with Crippen molar-refractivity contribution in [3.8, 4) is 5.82 Å². The molecule has 5 rings (SSSR count). The van der Waals surface area contributed by atoms with Crippen molar-refractivity contribution >= 4 is 11.8 Å². The molecule has 0 aromatic carbocycles. The molecule has 0 N–H and O–H groups in total. The maximum absolute atomic E-state index is 13.1. The van der Waals surface area contributed by atoms with Crippen molar-refractivity contribution in [2.75, 3.05) is 33.4 Å². The Kier molecular flexibility index (Phi) is 4.85. The van der Waals surface area contributed by atoms with Crippen LogP contribution in [0.4, 0.5) is 0 Å². The van der Waals surface area contributed by atoms with Crippen molar-refractivity contribution in [3.05, 3.63) is 36.5 Å². The highest BCUT2D eigenvalue weighted by Crippen LogP contribution is 2.29. The predicted molar refractivity (Wildman–Crippen MR) is 95.2 cm³/mol. The molecule has 27 heavy (non-hydrogen) atoms. The van der Waals surface area contributed by atoms with Gasteiger partial charge in [0, 0.05) is 32.8 Å². The number of rotatable bonds is 5. The molecule has 2 aromatic rings. The van der Waals surface area contributed by atoms with Gasteiger partial charge in [0.1, 0.15) is 24.2 Å². The van der Waals surface area contributed by atoms with E-state index in [0.29, 0.717) is 37.8 Å². The van der Waals surface area contributed by atoms with Crippen LogP contribution in [0.3, 0.4) is 0 Å². The van der Waals surface area contributed by atoms with Crippen LogP contribution in [0, 0.1) is 5.92 Å². The molecule has 5 heterocycles. The first-order chi connectivity index (χ1) is 13.2. The van der Waals surface area contributed by atoms with E-state index in [4.69, 9.17) is 4.74 Å². The summed E-state index contributed by atoms with van der Waals surface area (Å²) in [5.41, 5.74) is 0.360. The third-order valence-corrected chi connectivity index (χ3v) is 5.25. The average molecular weight is 370 g/mol. The minimum absolute atomic E-state index is 0.0383. The van der Waals surface area contributed by atoms with Crippen LogP contribution in [0.15, 0.2) is 30.9 Å². The van der Waals surface area contributed by atoms with Gasteiger partial charge in [0.15, 0.2) is 0 Å². The molecule has 9 heteroatoms. The Bertz CT molecular complexity index is 824. The van der Waals surface area contributed by atoms with Gasteiger partial charge in [0.2, 0.25) is 5.91 Å². The van der Waals surface area contributed by atoms with E-state index >= 15 is 0 Å². The van der Waals surface area contributed by atoms with Crippen LogP contribution in [-0.2, 0) is 9.53 Å². The van der Waals surface area contributed by atoms with Gasteiger partial charge in [0.05, 0.1) is 12.5 Å². The molecule has 0 spiro atoms. The number of aromatic nitrogens is 4. The second kappa shape index (κ2) is 7.43. The molecule has 3 fully saturated rings. The number of fused-ring (bicyclic) bond motifs is 4. The normalized spacial score (nSPS) is 22.2. The van der Waals surface area contributed by atoms with Gasteiger partial charge < -0.3 is 14.5 Å². The SMILES string of the molecule is COCCN1C(=O)[C@H]2CC[C@@H]1CN(C(=O)c1cccc(-n3cnnc3)n1)C2. The van der Waals surface area contributed by atoms with Crippen molar-refractivity contribution < 1.29 is 14.3 Å². The van der Waals surface area contributed by atoms with Gasteiger partial charge >= 0.3 is 0 Å². The molecule has 0 saturated carbocycles. The summed E-state index contributed by atoms with van der Waals surface area (Å²) in [6.45, 7) is 2.05. The number of piperidine rings is 1. The van der Waals surface area contributed by atoms with Gasteiger partial charge in [-0.3, -0.25) is 14.2 Å². The van der Waals surface area contributed by atoms with E-state index in [2.05, 4.69) is 15.2 Å². The van der Waals surface area contributed by atoms with Crippen molar-refractivity contribution in [1.82, 2.24) is 29.5 Å². The number of hydrogen-bond donors (Lipinski definition) is 0. The molecule has 3 aliphatic heterocycles. The van der Waals surface area contributed by atoms with Crippen molar-refractivity contribution in [2.45, 2.75) is 18.9 Å². The zero-order chi connectivity index (χ0) is 18.8. The van der Waals surface area contributed by atoms with Gasteiger partial charge in [-0.05, 0) is 25.0 Å². The van der Waals surface area contributed by atoms with E-state index in [0.717, 1.165) is 12.8 Å². The second-order valence-electron chi connectivity index (χ2n) is 6.91. The summed E-state index contributed by atoms with van der Waals surface area (Å²) in [7, 11) is 1.63. The van der Waals surface area contributed by atoms with Crippen LogP contribution in [0.1, 0.15) is 23.3 Å². The summed E-state index contributed by atoms with van der Waals surface area (Å²) in [6, 6.07) is 5.32. The molecule has 2 amide bonds. The zero-order valence-electron chi connectivity index (χ0n) is 15.2. The quantitative estimate of drug-likeness (QED) is 0.755. The van der Waals surface area contributed by atoms with Gasteiger partial charge in [-0.15, -0.1) is 10.2 Å². The summed E-state index contributed by atoms with van der Waals surface area (Å²) in [4.78, 5) is 33.9. The molecule has 142 valence electrons. The number of carbonyl (C=O) groups excluding carboxylic acids is 2. The average Bonchev–Trinajstić information content (AvgIpc) is 3.10. The summed E-state index contributed by atoms with van der Waals surface area (Å²) < 4.78 is 6.79. The minimum Gasteiger partial charge on any atom is -0.383 e. The molecular weight excluding hydrogens is 348 g/mol. The Hall–Kier alpha value is -2.81. The van der Waals surface area contributed by atoms with Gasteiger partial charge in [0.25, 0.3) is 5.91 Å². The number of nitrogens with zero attached hydrogens (tertiary/aromatic N) is 6. The van der Waals surface area contributed by atoms with Crippen LogP contribution in [0.2, 0.25) is 0 Å². The number of pyridine rings is 1. The molecule has 0 aliphatic carbocycles. The zero-order valence-corrected chi connectivity index (χ0v) is 15.2. The molecule has 2 aromatic heterocycles. The first-order valence-electron chi connectivity index (χ1n) is 9.08. The van der Waals surface area contributed by atoms with Crippen LogP contribution in [0.5, 0.6) is 0 Å².